The Kier molecular flexibility index (Phi) is 9.59. The van der Waals surface area contributed by atoms with Gasteiger partial charge in [-0.05, 0) is 30.6 Å². The Labute approximate surface area is 133 Å². The van der Waals surface area contributed by atoms with Gasteiger partial charge in [0.25, 0.3) is 0 Å². The Bertz CT molecular complexity index is 240. The minimum Gasteiger partial charge on any atom is -0.379 e. The van der Waals surface area contributed by atoms with Gasteiger partial charge in [0.1, 0.15) is 6.10 Å². The Morgan fingerprint density at radius 2 is 1.62 bits per heavy atom. The van der Waals surface area contributed by atoms with Gasteiger partial charge in [-0.25, -0.2) is 0 Å². The lowest BCUT2D eigenvalue weighted by Gasteiger charge is -2.31. The summed E-state index contributed by atoms with van der Waals surface area (Å²) in [6, 6.07) is 0. The number of ether oxygens (including phenoxy) is 2. The summed E-state index contributed by atoms with van der Waals surface area (Å²) in [6.07, 6.45) is 12.7. The van der Waals surface area contributed by atoms with E-state index in [1.165, 1.54) is 57.8 Å². The monoisotopic (exact) mass is 298 g/mol. The molecule has 0 aromatic heterocycles. The first-order valence-electron chi connectivity index (χ1n) is 9.23. The van der Waals surface area contributed by atoms with Crippen LogP contribution in [-0.2, 0) is 9.47 Å². The van der Waals surface area contributed by atoms with E-state index < -0.39 is 0 Å². The molecule has 1 heterocycles. The molecule has 0 aliphatic carbocycles. The molecule has 1 aliphatic rings. The summed E-state index contributed by atoms with van der Waals surface area (Å²) in [6.45, 7) is 12.1. The third kappa shape index (κ3) is 10.3. The van der Waals surface area contributed by atoms with Gasteiger partial charge in [-0.2, -0.15) is 0 Å². The lowest BCUT2D eigenvalue weighted by Crippen LogP contribution is -2.21. The van der Waals surface area contributed by atoms with Gasteiger partial charge in [-0.3, -0.25) is 0 Å². The summed E-state index contributed by atoms with van der Waals surface area (Å²) in [5.74, 6) is 0.837. The molecule has 126 valence electrons. The SMILES string of the molecule is CCCCCCCCC(CCCOCC1CO1)C(C)(C)C. The van der Waals surface area contributed by atoms with Crippen molar-refractivity contribution in [1.82, 2.24) is 0 Å². The Morgan fingerprint density at radius 1 is 1.00 bits per heavy atom. The number of unbranched alkanes of at least 4 members (excludes halogenated alkanes) is 5. The summed E-state index contributed by atoms with van der Waals surface area (Å²) in [7, 11) is 0. The molecular formula is C19H38O2. The lowest BCUT2D eigenvalue weighted by molar-refractivity contribution is 0.101. The molecule has 1 rings (SSSR count). The van der Waals surface area contributed by atoms with Crippen LogP contribution in [0.1, 0.15) is 85.5 Å². The van der Waals surface area contributed by atoms with Crippen LogP contribution in [0.5, 0.6) is 0 Å². The molecule has 21 heavy (non-hydrogen) atoms. The molecule has 0 spiro atoms. The van der Waals surface area contributed by atoms with Crippen LogP contribution in [0.2, 0.25) is 0 Å². The Hall–Kier alpha value is -0.0800. The van der Waals surface area contributed by atoms with Crippen molar-refractivity contribution in [2.75, 3.05) is 19.8 Å². The highest BCUT2D eigenvalue weighted by Crippen LogP contribution is 2.34. The largest absolute Gasteiger partial charge is 0.379 e. The minimum atomic E-state index is 0.409. The van der Waals surface area contributed by atoms with E-state index in [0.717, 1.165) is 25.7 Å². The van der Waals surface area contributed by atoms with Gasteiger partial charge in [0, 0.05) is 6.61 Å². The molecule has 2 unspecified atom stereocenters. The topological polar surface area (TPSA) is 21.8 Å². The summed E-state index contributed by atoms with van der Waals surface area (Å²) in [5, 5.41) is 0. The molecule has 0 bridgehead atoms. The summed E-state index contributed by atoms with van der Waals surface area (Å²) < 4.78 is 10.8. The Balaban J connectivity index is 2.06. The maximum atomic E-state index is 5.67. The van der Waals surface area contributed by atoms with Crippen LogP contribution in [0, 0.1) is 11.3 Å². The zero-order valence-electron chi connectivity index (χ0n) is 15.0. The van der Waals surface area contributed by atoms with Crippen molar-refractivity contribution in [1.29, 1.82) is 0 Å². The van der Waals surface area contributed by atoms with Crippen LogP contribution in [-0.4, -0.2) is 25.9 Å². The molecule has 0 aromatic rings. The van der Waals surface area contributed by atoms with Crippen LogP contribution < -0.4 is 0 Å². The van der Waals surface area contributed by atoms with E-state index >= 15 is 0 Å². The highest BCUT2D eigenvalue weighted by atomic mass is 16.6. The van der Waals surface area contributed by atoms with Crippen molar-refractivity contribution in [3.05, 3.63) is 0 Å². The molecule has 0 aromatic carbocycles. The average molecular weight is 299 g/mol. The maximum absolute atomic E-state index is 5.67. The third-order valence-electron chi connectivity index (χ3n) is 4.68. The highest BCUT2D eigenvalue weighted by molar-refractivity contribution is 4.74. The van der Waals surface area contributed by atoms with Crippen molar-refractivity contribution in [2.24, 2.45) is 11.3 Å². The number of epoxide rings is 1. The first-order valence-corrected chi connectivity index (χ1v) is 9.23. The van der Waals surface area contributed by atoms with Crippen LogP contribution in [0.25, 0.3) is 0 Å². The van der Waals surface area contributed by atoms with Crippen LogP contribution in [0.15, 0.2) is 0 Å². The van der Waals surface area contributed by atoms with E-state index in [2.05, 4.69) is 27.7 Å². The van der Waals surface area contributed by atoms with E-state index in [4.69, 9.17) is 9.47 Å². The van der Waals surface area contributed by atoms with Crippen LogP contribution in [0.4, 0.5) is 0 Å². The average Bonchev–Trinajstić information content (AvgIpc) is 3.22. The molecule has 2 heteroatoms. The molecule has 0 N–H and O–H groups in total. The maximum Gasteiger partial charge on any atom is 0.104 e. The highest BCUT2D eigenvalue weighted by Gasteiger charge is 2.24. The third-order valence-corrected chi connectivity index (χ3v) is 4.68. The van der Waals surface area contributed by atoms with Gasteiger partial charge in [0.15, 0.2) is 0 Å². The van der Waals surface area contributed by atoms with Gasteiger partial charge in [0.2, 0.25) is 0 Å². The summed E-state index contributed by atoms with van der Waals surface area (Å²) in [5.41, 5.74) is 0.434. The summed E-state index contributed by atoms with van der Waals surface area (Å²) in [4.78, 5) is 0. The van der Waals surface area contributed by atoms with Gasteiger partial charge >= 0.3 is 0 Å². The predicted octanol–water partition coefficient (Wildman–Crippen LogP) is 5.59. The van der Waals surface area contributed by atoms with E-state index in [9.17, 15) is 0 Å². The van der Waals surface area contributed by atoms with E-state index in [1.807, 2.05) is 0 Å². The first-order chi connectivity index (χ1) is 10.0. The zero-order valence-corrected chi connectivity index (χ0v) is 15.0. The van der Waals surface area contributed by atoms with Crippen LogP contribution >= 0.6 is 0 Å². The Morgan fingerprint density at radius 3 is 2.24 bits per heavy atom. The summed E-state index contributed by atoms with van der Waals surface area (Å²) >= 11 is 0. The molecule has 2 atom stereocenters. The number of hydrogen-bond donors (Lipinski definition) is 0. The molecular weight excluding hydrogens is 260 g/mol. The van der Waals surface area contributed by atoms with E-state index in [1.54, 1.807) is 0 Å². The molecule has 0 saturated carbocycles. The van der Waals surface area contributed by atoms with Gasteiger partial charge in [-0.15, -0.1) is 0 Å². The van der Waals surface area contributed by atoms with Gasteiger partial charge in [-0.1, -0.05) is 66.2 Å². The smallest absolute Gasteiger partial charge is 0.104 e. The molecule has 0 radical (unpaired) electrons. The second kappa shape index (κ2) is 10.6. The molecule has 1 aliphatic heterocycles. The first kappa shape index (κ1) is 19.0. The molecule has 0 amide bonds. The second-order valence-corrected chi connectivity index (χ2v) is 7.79. The fourth-order valence-electron chi connectivity index (χ4n) is 2.99. The van der Waals surface area contributed by atoms with E-state index in [-0.39, 0.29) is 0 Å². The minimum absolute atomic E-state index is 0.409. The van der Waals surface area contributed by atoms with Crippen molar-refractivity contribution in [3.63, 3.8) is 0 Å². The van der Waals surface area contributed by atoms with Crippen molar-refractivity contribution in [3.8, 4) is 0 Å². The van der Waals surface area contributed by atoms with Crippen molar-refractivity contribution in [2.45, 2.75) is 91.6 Å². The second-order valence-electron chi connectivity index (χ2n) is 7.79. The lowest BCUT2D eigenvalue weighted by atomic mass is 9.75. The fourth-order valence-corrected chi connectivity index (χ4v) is 2.99. The number of rotatable bonds is 13. The fraction of sp³-hybridized carbons (Fsp3) is 1.00. The van der Waals surface area contributed by atoms with E-state index in [0.29, 0.717) is 11.5 Å². The molecule has 1 saturated heterocycles. The van der Waals surface area contributed by atoms with Crippen molar-refractivity contribution >= 4 is 0 Å². The van der Waals surface area contributed by atoms with Crippen LogP contribution in [0.3, 0.4) is 0 Å². The molecule has 2 nitrogen and oxygen atoms in total. The standard InChI is InChI=1S/C19H38O2/c1-5-6-7-8-9-10-12-17(19(2,3)4)13-11-14-20-15-18-16-21-18/h17-18H,5-16H2,1-4H3. The normalized spacial score (nSPS) is 19.7. The van der Waals surface area contributed by atoms with Gasteiger partial charge < -0.3 is 9.47 Å². The van der Waals surface area contributed by atoms with Crippen molar-refractivity contribution < 1.29 is 9.47 Å². The predicted molar refractivity (Wildman–Crippen MR) is 90.7 cm³/mol. The van der Waals surface area contributed by atoms with Gasteiger partial charge in [0.05, 0.1) is 13.2 Å². The molecule has 1 fully saturated rings. The quantitative estimate of drug-likeness (QED) is 0.326. The zero-order chi connectivity index (χ0) is 15.6. The number of hydrogen-bond acceptors (Lipinski definition) is 2.